The number of carbonyl (C=O) groups excluding carboxylic acids is 1. The second kappa shape index (κ2) is 12.6. The van der Waals surface area contributed by atoms with Gasteiger partial charge in [0.2, 0.25) is 0 Å². The van der Waals surface area contributed by atoms with Crippen LogP contribution in [0.3, 0.4) is 0 Å². The Kier molecular flexibility index (Phi) is 9.21. The smallest absolute Gasteiger partial charge is 0.265 e. The Labute approximate surface area is 232 Å². The number of rotatable bonds is 11. The quantitative estimate of drug-likeness (QED) is 0.323. The summed E-state index contributed by atoms with van der Waals surface area (Å²) in [5.74, 6) is 0.944. The predicted octanol–water partition coefficient (Wildman–Crippen LogP) is 4.87. The first-order chi connectivity index (χ1) is 18.7. The molecular weight excluding hydrogens is 546 g/mol. The van der Waals surface area contributed by atoms with E-state index in [4.69, 9.17) is 30.5 Å². The molecule has 4 rings (SSSR count). The molecule has 1 fully saturated rings. The Morgan fingerprint density at radius 3 is 2.03 bits per heavy atom. The molecule has 1 aliphatic rings. The first-order valence-corrected chi connectivity index (χ1v) is 14.2. The van der Waals surface area contributed by atoms with Gasteiger partial charge in [-0.2, -0.15) is 8.42 Å². The van der Waals surface area contributed by atoms with Crippen LogP contribution in [0.4, 0.5) is 0 Å². The summed E-state index contributed by atoms with van der Waals surface area (Å²) < 4.78 is 54.3. The average Bonchev–Trinajstić information content (AvgIpc) is 3.38. The topological polar surface area (TPSA) is 112 Å². The van der Waals surface area contributed by atoms with Gasteiger partial charge in [0.15, 0.2) is 11.5 Å². The minimum absolute atomic E-state index is 0.0963. The van der Waals surface area contributed by atoms with Gasteiger partial charge in [0.05, 0.1) is 30.6 Å². The molecule has 0 radical (unpaired) electrons. The number of nitrogens with zero attached hydrogens (tertiary/aromatic N) is 1. The van der Waals surface area contributed by atoms with Crippen molar-refractivity contribution >= 4 is 27.6 Å². The third kappa shape index (κ3) is 7.56. The first-order valence-electron chi connectivity index (χ1n) is 12.2. The molecule has 1 atom stereocenters. The minimum Gasteiger partial charge on any atom is -0.497 e. The number of ether oxygens (including phenoxy) is 4. The zero-order valence-electron chi connectivity index (χ0n) is 21.6. The largest absolute Gasteiger partial charge is 0.497 e. The van der Waals surface area contributed by atoms with Crippen LogP contribution in [0, 0.1) is 5.92 Å². The lowest BCUT2D eigenvalue weighted by Gasteiger charge is -2.20. The fourth-order valence-electron chi connectivity index (χ4n) is 4.33. The molecule has 208 valence electrons. The first kappa shape index (κ1) is 28.5. The van der Waals surface area contributed by atoms with Gasteiger partial charge in [-0.05, 0) is 59.9 Å². The van der Waals surface area contributed by atoms with E-state index < -0.39 is 15.9 Å². The van der Waals surface area contributed by atoms with Crippen molar-refractivity contribution in [2.75, 3.05) is 33.1 Å². The number of likely N-dealkylation sites (tertiary alicyclic amines) is 1. The molecule has 1 heterocycles. The van der Waals surface area contributed by atoms with E-state index in [0.717, 1.165) is 16.9 Å². The summed E-state index contributed by atoms with van der Waals surface area (Å²) in [6.45, 7) is 0.955. The van der Waals surface area contributed by atoms with Gasteiger partial charge >= 0.3 is 0 Å². The minimum atomic E-state index is -4.13. The number of benzene rings is 3. The van der Waals surface area contributed by atoms with Crippen molar-refractivity contribution in [2.45, 2.75) is 19.6 Å². The van der Waals surface area contributed by atoms with E-state index in [-0.39, 0.29) is 47.9 Å². The van der Waals surface area contributed by atoms with Crippen LogP contribution in [0.25, 0.3) is 0 Å². The van der Waals surface area contributed by atoms with Crippen molar-refractivity contribution in [1.82, 2.24) is 4.90 Å². The Hall–Kier alpha value is -3.47. The molecule has 0 unspecified atom stereocenters. The predicted molar refractivity (Wildman–Crippen MR) is 147 cm³/mol. The van der Waals surface area contributed by atoms with E-state index in [2.05, 4.69) is 0 Å². The molecule has 11 heteroatoms. The van der Waals surface area contributed by atoms with E-state index >= 15 is 0 Å². The lowest BCUT2D eigenvalue weighted by molar-refractivity contribution is 0.0787. The molecule has 1 amide bonds. The van der Waals surface area contributed by atoms with Gasteiger partial charge in [-0.25, -0.2) is 0 Å². The molecule has 1 aliphatic heterocycles. The summed E-state index contributed by atoms with van der Waals surface area (Å²) in [7, 11) is -0.943. The Bertz CT molecular complexity index is 1390. The van der Waals surface area contributed by atoms with Crippen LogP contribution in [0.1, 0.15) is 27.9 Å². The normalized spacial score (nSPS) is 15.2. The third-order valence-corrected chi connectivity index (χ3v) is 7.67. The van der Waals surface area contributed by atoms with Crippen LogP contribution in [-0.2, 0) is 23.3 Å². The molecule has 0 saturated carbocycles. The summed E-state index contributed by atoms with van der Waals surface area (Å²) in [4.78, 5) is 14.9. The van der Waals surface area contributed by atoms with E-state index in [9.17, 15) is 17.8 Å². The van der Waals surface area contributed by atoms with E-state index in [1.165, 1.54) is 4.90 Å². The maximum atomic E-state index is 13.3. The number of carbonyl (C=O) groups is 1. The van der Waals surface area contributed by atoms with Crippen LogP contribution in [0.2, 0.25) is 5.02 Å². The highest BCUT2D eigenvalue weighted by molar-refractivity contribution is 7.85. The molecule has 0 spiro atoms. The lowest BCUT2D eigenvalue weighted by atomic mass is 10.1. The third-order valence-electron chi connectivity index (χ3n) is 6.41. The van der Waals surface area contributed by atoms with Crippen molar-refractivity contribution in [3.05, 3.63) is 82.4 Å². The SMILES string of the molecule is COc1ccc(COc2ccc(C(=O)N3CC[C@@H](CS(=O)(=O)O)C3)c(Cl)c2OCc2ccc(OC)cc2)cc1. The Balaban J connectivity index is 1.56. The Morgan fingerprint density at radius 2 is 1.49 bits per heavy atom. The van der Waals surface area contributed by atoms with Crippen LogP contribution >= 0.6 is 11.6 Å². The van der Waals surface area contributed by atoms with Gasteiger partial charge in [-0.1, -0.05) is 35.9 Å². The van der Waals surface area contributed by atoms with Crippen LogP contribution < -0.4 is 18.9 Å². The molecule has 3 aromatic carbocycles. The molecule has 1 N–H and O–H groups in total. The number of halogens is 1. The van der Waals surface area contributed by atoms with Crippen molar-refractivity contribution < 1.29 is 36.7 Å². The maximum absolute atomic E-state index is 13.3. The zero-order valence-corrected chi connectivity index (χ0v) is 23.2. The highest BCUT2D eigenvalue weighted by Crippen LogP contribution is 2.40. The van der Waals surface area contributed by atoms with E-state index in [1.807, 2.05) is 48.5 Å². The summed E-state index contributed by atoms with van der Waals surface area (Å²) in [6, 6.07) is 18.0. The number of hydrogen-bond donors (Lipinski definition) is 1. The van der Waals surface area contributed by atoms with Gasteiger partial charge in [0, 0.05) is 13.1 Å². The van der Waals surface area contributed by atoms with E-state index in [1.54, 1.807) is 26.4 Å². The van der Waals surface area contributed by atoms with E-state index in [0.29, 0.717) is 24.5 Å². The van der Waals surface area contributed by atoms with Gasteiger partial charge in [-0.15, -0.1) is 0 Å². The summed E-state index contributed by atoms with van der Waals surface area (Å²) >= 11 is 6.74. The molecular formula is C28H30ClNO8S. The van der Waals surface area contributed by atoms with Gasteiger partial charge in [0.25, 0.3) is 16.0 Å². The average molecular weight is 576 g/mol. The van der Waals surface area contributed by atoms with Crippen LogP contribution in [0.5, 0.6) is 23.0 Å². The highest BCUT2D eigenvalue weighted by Gasteiger charge is 2.31. The maximum Gasteiger partial charge on any atom is 0.265 e. The van der Waals surface area contributed by atoms with Crippen LogP contribution in [0.15, 0.2) is 60.7 Å². The second-order valence-corrected chi connectivity index (χ2v) is 11.1. The molecule has 1 saturated heterocycles. The van der Waals surface area contributed by atoms with Crippen molar-refractivity contribution in [1.29, 1.82) is 0 Å². The van der Waals surface area contributed by atoms with Gasteiger partial charge in [0.1, 0.15) is 24.7 Å². The zero-order chi connectivity index (χ0) is 28.0. The number of amides is 1. The van der Waals surface area contributed by atoms with Gasteiger partial charge < -0.3 is 23.8 Å². The molecule has 0 aromatic heterocycles. The molecule has 39 heavy (non-hydrogen) atoms. The summed E-state index contributed by atoms with van der Waals surface area (Å²) in [5.41, 5.74) is 1.97. The number of hydrogen-bond acceptors (Lipinski definition) is 7. The molecule has 0 aliphatic carbocycles. The Morgan fingerprint density at radius 1 is 0.923 bits per heavy atom. The summed E-state index contributed by atoms with van der Waals surface area (Å²) in [6.07, 6.45) is 0.465. The monoisotopic (exact) mass is 575 g/mol. The second-order valence-electron chi connectivity index (χ2n) is 9.18. The molecule has 3 aromatic rings. The molecule has 0 bridgehead atoms. The van der Waals surface area contributed by atoms with Crippen molar-refractivity contribution in [2.24, 2.45) is 5.92 Å². The highest BCUT2D eigenvalue weighted by atomic mass is 35.5. The van der Waals surface area contributed by atoms with Crippen molar-refractivity contribution in [3.63, 3.8) is 0 Å². The molecule has 9 nitrogen and oxygen atoms in total. The summed E-state index contributed by atoms with van der Waals surface area (Å²) in [5, 5.41) is 0.0963. The van der Waals surface area contributed by atoms with Gasteiger partial charge in [-0.3, -0.25) is 9.35 Å². The fraction of sp³-hybridized carbons (Fsp3) is 0.321. The van der Waals surface area contributed by atoms with Crippen LogP contribution in [-0.4, -0.2) is 56.8 Å². The standard InChI is InChI=1S/C28H30ClNO8S/c1-35-22-7-3-19(4-8-22)16-37-25-12-11-24(28(31)30-14-13-21(15-30)18-39(32,33)34)26(29)27(25)38-17-20-5-9-23(36-2)10-6-20/h3-12,21H,13-18H2,1-2H3,(H,32,33,34)/t21-/m1/s1. The number of methoxy groups -OCH3 is 2. The fourth-order valence-corrected chi connectivity index (χ4v) is 5.49. The lowest BCUT2D eigenvalue weighted by Crippen LogP contribution is -2.30. The van der Waals surface area contributed by atoms with Crippen molar-refractivity contribution in [3.8, 4) is 23.0 Å².